The Morgan fingerprint density at radius 2 is 2.11 bits per heavy atom. The first-order valence-corrected chi connectivity index (χ1v) is 9.56. The quantitative estimate of drug-likeness (QED) is 0.348. The van der Waals surface area contributed by atoms with E-state index in [1.807, 2.05) is 18.9 Å². The van der Waals surface area contributed by atoms with Crippen LogP contribution in [0.3, 0.4) is 0 Å². The van der Waals surface area contributed by atoms with Crippen LogP contribution in [0.15, 0.2) is 23.2 Å². The molecule has 0 aliphatic heterocycles. The first-order valence-electron chi connectivity index (χ1n) is 9.56. The van der Waals surface area contributed by atoms with Crippen molar-refractivity contribution in [3.63, 3.8) is 0 Å². The summed E-state index contributed by atoms with van der Waals surface area (Å²) in [4.78, 5) is 6.60. The van der Waals surface area contributed by atoms with Gasteiger partial charge in [0.05, 0.1) is 27.4 Å². The second-order valence-corrected chi connectivity index (χ2v) is 6.76. The summed E-state index contributed by atoms with van der Waals surface area (Å²) in [6, 6.07) is 5.37. The van der Waals surface area contributed by atoms with Crippen LogP contribution in [0, 0.1) is 5.92 Å². The van der Waals surface area contributed by atoms with Crippen LogP contribution in [0.5, 0.6) is 11.5 Å². The van der Waals surface area contributed by atoms with Crippen LogP contribution in [0.4, 0.5) is 0 Å². The van der Waals surface area contributed by atoms with Crippen LogP contribution < -0.4 is 14.8 Å². The molecule has 0 aromatic heterocycles. The van der Waals surface area contributed by atoms with E-state index in [0.717, 1.165) is 31.6 Å². The van der Waals surface area contributed by atoms with Crippen molar-refractivity contribution >= 4 is 5.96 Å². The van der Waals surface area contributed by atoms with Crippen LogP contribution in [-0.4, -0.2) is 70.1 Å². The van der Waals surface area contributed by atoms with Crippen LogP contribution >= 0.6 is 0 Å². The van der Waals surface area contributed by atoms with Crippen molar-refractivity contribution in [2.24, 2.45) is 10.9 Å². The van der Waals surface area contributed by atoms with Gasteiger partial charge in [-0.05, 0) is 43.9 Å². The summed E-state index contributed by atoms with van der Waals surface area (Å²) in [5.41, 5.74) is 0.659. The van der Waals surface area contributed by atoms with E-state index in [-0.39, 0.29) is 6.54 Å². The molecule has 0 bridgehead atoms. The van der Waals surface area contributed by atoms with Gasteiger partial charge in [-0.25, -0.2) is 0 Å². The zero-order valence-corrected chi connectivity index (χ0v) is 16.9. The molecule has 0 radical (unpaired) electrons. The number of aliphatic imine (C=N–C) groups is 1. The maximum atomic E-state index is 10.6. The van der Waals surface area contributed by atoms with Gasteiger partial charge in [0.15, 0.2) is 5.96 Å². The normalized spacial score (nSPS) is 15.4. The van der Waals surface area contributed by atoms with Gasteiger partial charge in [-0.15, -0.1) is 0 Å². The van der Waals surface area contributed by atoms with Crippen LogP contribution in [0.2, 0.25) is 0 Å². The number of likely N-dealkylation sites (N-methyl/N-ethyl adjacent to an activating group) is 1. The van der Waals surface area contributed by atoms with E-state index in [1.165, 1.54) is 12.8 Å². The third-order valence-corrected chi connectivity index (χ3v) is 4.53. The molecule has 1 saturated carbocycles. The molecule has 2 rings (SSSR count). The molecule has 152 valence electrons. The number of aliphatic hydroxyl groups excluding tert-OH is 1. The van der Waals surface area contributed by atoms with Crippen molar-refractivity contribution in [1.82, 2.24) is 10.2 Å². The molecule has 1 aromatic rings. The molecule has 7 nitrogen and oxygen atoms in total. The van der Waals surface area contributed by atoms with Crippen molar-refractivity contribution in [2.45, 2.75) is 25.9 Å². The average Bonchev–Trinajstić information content (AvgIpc) is 3.51. The van der Waals surface area contributed by atoms with Crippen molar-refractivity contribution in [3.05, 3.63) is 23.8 Å². The lowest BCUT2D eigenvalue weighted by molar-refractivity contribution is 0.115. The summed E-state index contributed by atoms with van der Waals surface area (Å²) >= 11 is 0. The molecule has 0 heterocycles. The predicted octanol–water partition coefficient (Wildman–Crippen LogP) is 2.06. The van der Waals surface area contributed by atoms with Gasteiger partial charge in [-0.1, -0.05) is 0 Å². The number of nitrogens with zero attached hydrogens (tertiary/aromatic N) is 2. The SMILES string of the molecule is CCNC(=NCC(O)c1cc(OC)ccc1OC)N(C)CCOCC1CC1. The fourth-order valence-electron chi connectivity index (χ4n) is 2.68. The number of hydrogen-bond donors (Lipinski definition) is 2. The van der Waals surface area contributed by atoms with Gasteiger partial charge in [0, 0.05) is 32.3 Å². The molecule has 0 saturated heterocycles. The fraction of sp³-hybridized carbons (Fsp3) is 0.650. The van der Waals surface area contributed by atoms with Gasteiger partial charge in [-0.3, -0.25) is 4.99 Å². The first-order chi connectivity index (χ1) is 13.1. The highest BCUT2D eigenvalue weighted by Gasteiger charge is 2.21. The zero-order valence-electron chi connectivity index (χ0n) is 16.9. The van der Waals surface area contributed by atoms with Gasteiger partial charge in [-0.2, -0.15) is 0 Å². The van der Waals surface area contributed by atoms with Gasteiger partial charge in [0.2, 0.25) is 0 Å². The molecule has 1 atom stereocenters. The zero-order chi connectivity index (χ0) is 19.6. The molecule has 1 unspecified atom stereocenters. The third-order valence-electron chi connectivity index (χ3n) is 4.53. The number of rotatable bonds is 11. The van der Waals surface area contributed by atoms with Crippen LogP contribution in [-0.2, 0) is 4.74 Å². The molecule has 1 aliphatic carbocycles. The summed E-state index contributed by atoms with van der Waals surface area (Å²) in [6.07, 6.45) is 1.81. The van der Waals surface area contributed by atoms with E-state index < -0.39 is 6.10 Å². The smallest absolute Gasteiger partial charge is 0.193 e. The number of hydrogen-bond acceptors (Lipinski definition) is 5. The largest absolute Gasteiger partial charge is 0.497 e. The summed E-state index contributed by atoms with van der Waals surface area (Å²) in [7, 11) is 5.15. The van der Waals surface area contributed by atoms with E-state index in [9.17, 15) is 5.11 Å². The number of ether oxygens (including phenoxy) is 3. The molecular formula is C20H33N3O4. The fourth-order valence-corrected chi connectivity index (χ4v) is 2.68. The minimum absolute atomic E-state index is 0.221. The number of benzene rings is 1. The van der Waals surface area contributed by atoms with E-state index in [2.05, 4.69) is 10.3 Å². The molecular weight excluding hydrogens is 346 g/mol. The van der Waals surface area contributed by atoms with Gasteiger partial charge >= 0.3 is 0 Å². The molecule has 0 spiro atoms. The average molecular weight is 380 g/mol. The highest BCUT2D eigenvalue weighted by molar-refractivity contribution is 5.79. The second kappa shape index (κ2) is 11.0. The van der Waals surface area contributed by atoms with Crippen molar-refractivity contribution in [2.75, 3.05) is 54.1 Å². The minimum Gasteiger partial charge on any atom is -0.497 e. The first kappa shape index (κ1) is 21.3. The van der Waals surface area contributed by atoms with Crippen LogP contribution in [0.1, 0.15) is 31.4 Å². The van der Waals surface area contributed by atoms with E-state index >= 15 is 0 Å². The Balaban J connectivity index is 1.95. The number of nitrogens with one attached hydrogen (secondary N) is 1. The second-order valence-electron chi connectivity index (χ2n) is 6.76. The standard InChI is InChI=1S/C20H33N3O4/c1-5-21-20(23(2)10-11-27-14-15-6-7-15)22-13-18(24)17-12-16(25-3)8-9-19(17)26-4/h8-9,12,15,18,24H,5-7,10-11,13-14H2,1-4H3,(H,21,22). The lowest BCUT2D eigenvalue weighted by Gasteiger charge is -2.22. The van der Waals surface area contributed by atoms with Crippen molar-refractivity contribution < 1.29 is 19.3 Å². The van der Waals surface area contributed by atoms with Crippen molar-refractivity contribution in [1.29, 1.82) is 0 Å². The third kappa shape index (κ3) is 6.92. The van der Waals surface area contributed by atoms with E-state index in [4.69, 9.17) is 14.2 Å². The lowest BCUT2D eigenvalue weighted by atomic mass is 10.1. The molecule has 27 heavy (non-hydrogen) atoms. The summed E-state index contributed by atoms with van der Waals surface area (Å²) < 4.78 is 16.3. The highest BCUT2D eigenvalue weighted by atomic mass is 16.5. The maximum absolute atomic E-state index is 10.6. The maximum Gasteiger partial charge on any atom is 0.193 e. The molecule has 1 aliphatic rings. The molecule has 7 heteroatoms. The number of methoxy groups -OCH3 is 2. The summed E-state index contributed by atoms with van der Waals surface area (Å²) in [5, 5.41) is 13.9. The monoisotopic (exact) mass is 379 g/mol. The predicted molar refractivity (Wildman–Crippen MR) is 107 cm³/mol. The topological polar surface area (TPSA) is 75.6 Å². The molecule has 0 amide bonds. The Labute approximate surface area is 162 Å². The Morgan fingerprint density at radius 3 is 2.74 bits per heavy atom. The van der Waals surface area contributed by atoms with E-state index in [1.54, 1.807) is 32.4 Å². The highest BCUT2D eigenvalue weighted by Crippen LogP contribution is 2.30. The minimum atomic E-state index is -0.789. The summed E-state index contributed by atoms with van der Waals surface area (Å²) in [6.45, 7) is 5.27. The molecule has 1 aromatic carbocycles. The Bertz CT molecular complexity index is 605. The van der Waals surface area contributed by atoms with Crippen molar-refractivity contribution in [3.8, 4) is 11.5 Å². The van der Waals surface area contributed by atoms with Gasteiger partial charge in [0.1, 0.15) is 17.6 Å². The Morgan fingerprint density at radius 1 is 1.33 bits per heavy atom. The number of guanidine groups is 1. The molecule has 2 N–H and O–H groups in total. The number of aliphatic hydroxyl groups is 1. The Kier molecular flexibility index (Phi) is 8.67. The van der Waals surface area contributed by atoms with E-state index in [0.29, 0.717) is 23.7 Å². The van der Waals surface area contributed by atoms with Crippen LogP contribution in [0.25, 0.3) is 0 Å². The van der Waals surface area contributed by atoms with Gasteiger partial charge in [0.25, 0.3) is 0 Å². The molecule has 1 fully saturated rings. The summed E-state index contributed by atoms with van der Waals surface area (Å²) in [5.74, 6) is 2.80. The Hall–Kier alpha value is -1.99. The lowest BCUT2D eigenvalue weighted by Crippen LogP contribution is -2.40. The van der Waals surface area contributed by atoms with Gasteiger partial charge < -0.3 is 29.5 Å².